The molecule has 0 spiro atoms. The Labute approximate surface area is 256 Å². The largest absolute Gasteiger partial charge is 0.444 e. The number of ether oxygens (including phenoxy) is 1. The lowest BCUT2D eigenvalue weighted by molar-refractivity contribution is 0.0139. The Morgan fingerprint density at radius 2 is 1.51 bits per heavy atom. The number of piperazine rings is 2. The van der Waals surface area contributed by atoms with E-state index in [-0.39, 0.29) is 6.09 Å². The molecule has 0 bridgehead atoms. The number of carbonyl (C=O) groups is 1. The maximum atomic E-state index is 12.4. The highest BCUT2D eigenvalue weighted by Gasteiger charge is 2.26. The minimum Gasteiger partial charge on any atom is -0.444 e. The second-order valence-electron chi connectivity index (χ2n) is 12.2. The van der Waals surface area contributed by atoms with Crippen LogP contribution in [0.25, 0.3) is 22.6 Å². The molecule has 1 aromatic carbocycles. The molecule has 2 fully saturated rings. The van der Waals surface area contributed by atoms with Gasteiger partial charge in [-0.1, -0.05) is 35.9 Å². The first kappa shape index (κ1) is 29.3. The van der Waals surface area contributed by atoms with E-state index in [2.05, 4.69) is 58.9 Å². The fraction of sp³-hybridized carbons (Fsp3) is 0.452. The van der Waals surface area contributed by atoms with Gasteiger partial charge in [0.15, 0.2) is 5.65 Å². The maximum absolute atomic E-state index is 12.4. The van der Waals surface area contributed by atoms with Crippen LogP contribution in [0.15, 0.2) is 49.2 Å². The Kier molecular flexibility index (Phi) is 8.47. The first-order chi connectivity index (χ1) is 20.7. The van der Waals surface area contributed by atoms with Crippen molar-refractivity contribution in [3.8, 4) is 11.4 Å². The minimum absolute atomic E-state index is 0.234. The summed E-state index contributed by atoms with van der Waals surface area (Å²) >= 11 is 6.71. The number of hydrogen-bond donors (Lipinski definition) is 1. The van der Waals surface area contributed by atoms with E-state index in [4.69, 9.17) is 21.3 Å². The molecule has 2 saturated heterocycles. The number of nitrogens with one attached hydrogen (secondary N) is 1. The Morgan fingerprint density at radius 1 is 0.884 bits per heavy atom. The molecular weight excluding hydrogens is 566 g/mol. The fourth-order valence-electron chi connectivity index (χ4n) is 5.61. The van der Waals surface area contributed by atoms with Gasteiger partial charge in [0.2, 0.25) is 0 Å². The molecule has 0 unspecified atom stereocenters. The molecule has 4 aromatic rings. The first-order valence-electron chi connectivity index (χ1n) is 14.8. The minimum atomic E-state index is -0.478. The van der Waals surface area contributed by atoms with Gasteiger partial charge in [0, 0.05) is 89.0 Å². The van der Waals surface area contributed by atoms with Gasteiger partial charge in [-0.2, -0.15) is 0 Å². The van der Waals surface area contributed by atoms with E-state index in [0.717, 1.165) is 80.5 Å². The van der Waals surface area contributed by atoms with Crippen LogP contribution >= 0.6 is 11.6 Å². The normalized spacial score (nSPS) is 17.0. The predicted molar refractivity (Wildman–Crippen MR) is 167 cm³/mol. The number of benzene rings is 1. The van der Waals surface area contributed by atoms with E-state index in [1.807, 2.05) is 33.2 Å². The molecule has 43 heavy (non-hydrogen) atoms. The van der Waals surface area contributed by atoms with Crippen molar-refractivity contribution in [2.24, 2.45) is 0 Å². The molecule has 0 saturated carbocycles. The van der Waals surface area contributed by atoms with Gasteiger partial charge in [0.05, 0.1) is 16.9 Å². The molecule has 2 aliphatic heterocycles. The highest BCUT2D eigenvalue weighted by molar-refractivity contribution is 6.34. The monoisotopic (exact) mass is 603 g/mol. The number of hydrogen-bond acceptors (Lipinski definition) is 9. The van der Waals surface area contributed by atoms with Crippen LogP contribution < -0.4 is 4.90 Å². The molecule has 0 atom stereocenters. The smallest absolute Gasteiger partial charge is 0.410 e. The van der Waals surface area contributed by atoms with Gasteiger partial charge in [0.1, 0.15) is 23.3 Å². The third-order valence-electron chi connectivity index (χ3n) is 7.81. The van der Waals surface area contributed by atoms with E-state index in [1.165, 1.54) is 5.56 Å². The Hall–Kier alpha value is -3.80. The summed E-state index contributed by atoms with van der Waals surface area (Å²) in [5.41, 5.74) is 5.32. The topological polar surface area (TPSA) is 107 Å². The molecule has 2 aliphatic rings. The number of carbonyl (C=O) groups excluding carboxylic acids is 1. The number of aromatic amines is 1. The lowest BCUT2D eigenvalue weighted by Gasteiger charge is -2.36. The molecule has 5 heterocycles. The van der Waals surface area contributed by atoms with Crippen molar-refractivity contribution in [1.82, 2.24) is 39.6 Å². The van der Waals surface area contributed by atoms with Crippen LogP contribution in [0.1, 0.15) is 31.9 Å². The van der Waals surface area contributed by atoms with Gasteiger partial charge >= 0.3 is 6.09 Å². The van der Waals surface area contributed by atoms with Gasteiger partial charge in [0.25, 0.3) is 0 Å². The second kappa shape index (κ2) is 12.4. The summed E-state index contributed by atoms with van der Waals surface area (Å²) < 4.78 is 5.52. The third kappa shape index (κ3) is 7.06. The van der Waals surface area contributed by atoms with Crippen LogP contribution in [0.4, 0.5) is 10.5 Å². The molecular formula is C31H38ClN9O2. The zero-order chi connectivity index (χ0) is 30.0. The van der Waals surface area contributed by atoms with Crippen molar-refractivity contribution in [2.45, 2.75) is 39.5 Å². The number of halogens is 1. The summed E-state index contributed by atoms with van der Waals surface area (Å²) in [6.45, 7) is 13.8. The molecule has 226 valence electrons. The summed E-state index contributed by atoms with van der Waals surface area (Å²) in [6, 6.07) is 8.47. The molecule has 0 aliphatic carbocycles. The SMILES string of the molecule is CC(C)(C)OC(=O)N1CCN(Cc2ccc(-c3nc4ncc(Cl)c(N5CCN(Cc6cncnc6)CC5)c4[nH]3)cc2)CC1. The number of pyridine rings is 1. The standard InChI is InChI=1S/C31H38ClN9O2/c1-31(2,3)43-30(42)41-14-10-38(11-15-41)19-22-4-6-24(7-5-22)28-36-26-27(25(32)18-35-29(26)37-28)40-12-8-39(9-13-40)20-23-16-33-21-34-17-23/h4-7,16-18,21H,8-15,19-20H2,1-3H3,(H,35,36,37). The third-order valence-corrected chi connectivity index (χ3v) is 8.09. The summed E-state index contributed by atoms with van der Waals surface area (Å²) in [6.07, 6.45) is 6.77. The lowest BCUT2D eigenvalue weighted by Crippen LogP contribution is -2.49. The molecule has 6 rings (SSSR count). The maximum Gasteiger partial charge on any atom is 0.410 e. The first-order valence-corrected chi connectivity index (χ1v) is 15.1. The van der Waals surface area contributed by atoms with Crippen LogP contribution in [0.3, 0.4) is 0 Å². The van der Waals surface area contributed by atoms with Crippen LogP contribution in [-0.2, 0) is 17.8 Å². The average molecular weight is 604 g/mol. The number of fused-ring (bicyclic) bond motifs is 1. The molecule has 1 N–H and O–H groups in total. The molecule has 3 aromatic heterocycles. The number of H-pyrrole nitrogens is 1. The van der Waals surface area contributed by atoms with E-state index in [9.17, 15) is 4.79 Å². The molecule has 1 amide bonds. The van der Waals surface area contributed by atoms with E-state index in [1.54, 1.807) is 17.4 Å². The number of aromatic nitrogens is 5. The van der Waals surface area contributed by atoms with Crippen molar-refractivity contribution in [3.05, 3.63) is 65.3 Å². The van der Waals surface area contributed by atoms with Crippen molar-refractivity contribution >= 4 is 34.5 Å². The van der Waals surface area contributed by atoms with Crippen LogP contribution in [-0.4, -0.2) is 104 Å². The van der Waals surface area contributed by atoms with Crippen molar-refractivity contribution < 1.29 is 9.53 Å². The Morgan fingerprint density at radius 3 is 2.16 bits per heavy atom. The number of imidazole rings is 1. The number of rotatable bonds is 6. The zero-order valence-corrected chi connectivity index (χ0v) is 25.7. The van der Waals surface area contributed by atoms with Crippen LogP contribution in [0.5, 0.6) is 0 Å². The van der Waals surface area contributed by atoms with E-state index >= 15 is 0 Å². The van der Waals surface area contributed by atoms with Gasteiger partial charge in [-0.15, -0.1) is 0 Å². The fourth-order valence-corrected chi connectivity index (χ4v) is 5.87. The molecule has 12 heteroatoms. The van der Waals surface area contributed by atoms with Gasteiger partial charge in [-0.25, -0.2) is 24.7 Å². The summed E-state index contributed by atoms with van der Waals surface area (Å²) in [5.74, 6) is 0.770. The van der Waals surface area contributed by atoms with Crippen molar-refractivity contribution in [3.63, 3.8) is 0 Å². The van der Waals surface area contributed by atoms with Gasteiger partial charge in [-0.3, -0.25) is 9.80 Å². The van der Waals surface area contributed by atoms with Crippen molar-refractivity contribution in [1.29, 1.82) is 0 Å². The quantitative estimate of drug-likeness (QED) is 0.342. The van der Waals surface area contributed by atoms with E-state index < -0.39 is 5.60 Å². The highest BCUT2D eigenvalue weighted by Crippen LogP contribution is 2.34. The van der Waals surface area contributed by atoms with Crippen molar-refractivity contribution in [2.75, 3.05) is 57.3 Å². The van der Waals surface area contributed by atoms with Gasteiger partial charge < -0.3 is 19.5 Å². The number of anilines is 1. The summed E-state index contributed by atoms with van der Waals surface area (Å²) in [7, 11) is 0. The van der Waals surface area contributed by atoms with Crippen LogP contribution in [0.2, 0.25) is 5.02 Å². The molecule has 0 radical (unpaired) electrons. The number of nitrogens with zero attached hydrogens (tertiary/aromatic N) is 8. The zero-order valence-electron chi connectivity index (χ0n) is 25.0. The summed E-state index contributed by atoms with van der Waals surface area (Å²) in [5, 5.41) is 0.620. The number of amides is 1. The lowest BCUT2D eigenvalue weighted by atomic mass is 10.1. The molecule has 11 nitrogen and oxygen atoms in total. The van der Waals surface area contributed by atoms with Crippen LogP contribution in [0, 0.1) is 0 Å². The van der Waals surface area contributed by atoms with E-state index in [0.29, 0.717) is 23.8 Å². The predicted octanol–water partition coefficient (Wildman–Crippen LogP) is 4.44. The van der Waals surface area contributed by atoms with Gasteiger partial charge in [-0.05, 0) is 26.3 Å². The average Bonchev–Trinajstić information content (AvgIpc) is 3.42. The Bertz CT molecular complexity index is 1540. The second-order valence-corrected chi connectivity index (χ2v) is 12.6. The summed E-state index contributed by atoms with van der Waals surface area (Å²) in [4.78, 5) is 42.4. The Balaban J connectivity index is 1.08. The highest BCUT2D eigenvalue weighted by atomic mass is 35.5.